The normalized spacial score (nSPS) is 0. The first kappa shape index (κ1) is 37.3. The SMILES string of the molecule is O.[Li].[Nb].[Ti]. The van der Waals surface area contributed by atoms with E-state index in [4.69, 9.17) is 0 Å². The van der Waals surface area contributed by atoms with Gasteiger partial charge in [-0.15, -0.1) is 0 Å². The van der Waals surface area contributed by atoms with Gasteiger partial charge in [0.1, 0.15) is 0 Å². The van der Waals surface area contributed by atoms with E-state index in [1.807, 2.05) is 0 Å². The minimum atomic E-state index is 0. The molecule has 0 aliphatic heterocycles. The molecule has 0 aromatic carbocycles. The minimum absolute atomic E-state index is 0. The van der Waals surface area contributed by atoms with Crippen LogP contribution < -0.4 is 0 Å². The molecule has 0 fully saturated rings. The Kier molecular flexibility index (Phi) is 186. The van der Waals surface area contributed by atoms with Crippen LogP contribution in [0, 0.1) is 0 Å². The standard InChI is InChI=1S/Li.Nb.H2O.Ti/h;;1H2;. The molecule has 0 aromatic heterocycles. The Hall–Kier alpha value is 2.01. The molecular weight excluding hydrogens is 164 g/mol. The molecule has 1 nitrogen and oxygen atoms in total. The van der Waals surface area contributed by atoms with Gasteiger partial charge in [-0.1, -0.05) is 0 Å². The van der Waals surface area contributed by atoms with Crippen molar-refractivity contribution in [2.75, 3.05) is 0 Å². The molecule has 0 amide bonds. The van der Waals surface area contributed by atoms with Crippen LogP contribution in [0.1, 0.15) is 0 Å². The summed E-state index contributed by atoms with van der Waals surface area (Å²) in [7, 11) is 0. The first-order valence-corrected chi connectivity index (χ1v) is 0. The van der Waals surface area contributed by atoms with Crippen LogP contribution in [0.3, 0.4) is 0 Å². The second-order valence-electron chi connectivity index (χ2n) is 0. The van der Waals surface area contributed by atoms with Gasteiger partial charge in [-0.05, 0) is 0 Å². The second kappa shape index (κ2) is 19.9. The average molecular weight is 166 g/mol. The Labute approximate surface area is 67.8 Å². The van der Waals surface area contributed by atoms with Gasteiger partial charge in [-0.2, -0.15) is 0 Å². The zero-order valence-electron chi connectivity index (χ0n) is 2.45. The topological polar surface area (TPSA) is 31.5 Å². The zero-order chi connectivity index (χ0) is 0. The monoisotopic (exact) mass is 166 g/mol. The number of hydrogen-bond donors (Lipinski definition) is 0. The Morgan fingerprint density at radius 3 is 1.00 bits per heavy atom. The summed E-state index contributed by atoms with van der Waals surface area (Å²) in [6.45, 7) is 0. The fourth-order valence-corrected chi connectivity index (χ4v) is 0. The molecule has 0 atom stereocenters. The van der Waals surface area contributed by atoms with E-state index in [0.717, 1.165) is 0 Å². The van der Waals surface area contributed by atoms with Crippen molar-refractivity contribution < 1.29 is 49.6 Å². The Morgan fingerprint density at radius 2 is 1.00 bits per heavy atom. The largest absolute Gasteiger partial charge is 0.412 e. The van der Waals surface area contributed by atoms with Gasteiger partial charge in [0.25, 0.3) is 0 Å². The van der Waals surface area contributed by atoms with E-state index >= 15 is 0 Å². The summed E-state index contributed by atoms with van der Waals surface area (Å²) in [5, 5.41) is 0. The fraction of sp³-hybridized carbons (Fsp3) is 0. The molecule has 0 heterocycles. The van der Waals surface area contributed by atoms with Crippen LogP contribution in [0.4, 0.5) is 0 Å². The van der Waals surface area contributed by atoms with Crippen molar-refractivity contribution in [1.29, 1.82) is 0 Å². The van der Waals surface area contributed by atoms with E-state index in [0.29, 0.717) is 0 Å². The Morgan fingerprint density at radius 1 is 1.00 bits per heavy atom. The van der Waals surface area contributed by atoms with Crippen molar-refractivity contribution in [3.8, 4) is 0 Å². The minimum Gasteiger partial charge on any atom is -0.412 e. The molecule has 0 aliphatic carbocycles. The summed E-state index contributed by atoms with van der Waals surface area (Å²) < 4.78 is 0. The molecule has 0 spiro atoms. The Bertz CT molecular complexity index is 8.00. The van der Waals surface area contributed by atoms with Crippen LogP contribution in [0.5, 0.6) is 0 Å². The van der Waals surface area contributed by atoms with Crippen molar-refractivity contribution in [2.24, 2.45) is 0 Å². The van der Waals surface area contributed by atoms with E-state index in [9.17, 15) is 0 Å². The maximum absolute atomic E-state index is 0. The summed E-state index contributed by atoms with van der Waals surface area (Å²) >= 11 is 0. The first-order valence-electron chi connectivity index (χ1n) is 0. The summed E-state index contributed by atoms with van der Waals surface area (Å²) in [6.07, 6.45) is 0. The van der Waals surface area contributed by atoms with Gasteiger partial charge in [-0.3, -0.25) is 0 Å². The van der Waals surface area contributed by atoms with E-state index in [2.05, 4.69) is 0 Å². The molecule has 18 valence electrons. The molecule has 0 saturated carbocycles. The van der Waals surface area contributed by atoms with Gasteiger partial charge in [0.15, 0.2) is 0 Å². The van der Waals surface area contributed by atoms with Crippen molar-refractivity contribution in [3.63, 3.8) is 0 Å². The van der Waals surface area contributed by atoms with E-state index in [-0.39, 0.29) is 68.4 Å². The van der Waals surface area contributed by atoms with Gasteiger partial charge >= 0.3 is 0 Å². The predicted molar refractivity (Wildman–Crippen MR) is 9.37 cm³/mol. The molecule has 4 heavy (non-hydrogen) atoms. The van der Waals surface area contributed by atoms with E-state index < -0.39 is 0 Å². The molecule has 2 N–H and O–H groups in total. The third-order valence-corrected chi connectivity index (χ3v) is 0. The molecule has 0 aliphatic rings. The molecule has 4 heteroatoms. The molecule has 0 rings (SSSR count). The molecule has 0 saturated heterocycles. The summed E-state index contributed by atoms with van der Waals surface area (Å²) in [5.41, 5.74) is 0. The quantitative estimate of drug-likeness (QED) is 0.404. The summed E-state index contributed by atoms with van der Waals surface area (Å²) in [5.74, 6) is 0. The summed E-state index contributed by atoms with van der Waals surface area (Å²) in [6, 6.07) is 0. The zero-order valence-corrected chi connectivity index (χ0v) is 6.21. The van der Waals surface area contributed by atoms with Gasteiger partial charge in [0.05, 0.1) is 0 Å². The third kappa shape index (κ3) is 8.99. The second-order valence-corrected chi connectivity index (χ2v) is 0. The van der Waals surface area contributed by atoms with Crippen molar-refractivity contribution in [2.45, 2.75) is 0 Å². The van der Waals surface area contributed by atoms with Crippen LogP contribution in [0.2, 0.25) is 0 Å². The van der Waals surface area contributed by atoms with Gasteiger partial charge < -0.3 is 5.48 Å². The van der Waals surface area contributed by atoms with Gasteiger partial charge in [0, 0.05) is 63.0 Å². The van der Waals surface area contributed by atoms with Gasteiger partial charge in [-0.25, -0.2) is 0 Å². The van der Waals surface area contributed by atoms with Crippen LogP contribution in [0.15, 0.2) is 0 Å². The van der Waals surface area contributed by atoms with Crippen molar-refractivity contribution in [3.05, 3.63) is 0 Å². The van der Waals surface area contributed by atoms with Crippen LogP contribution in [0.25, 0.3) is 0 Å². The van der Waals surface area contributed by atoms with E-state index in [1.54, 1.807) is 0 Å². The average Bonchev–Trinajstić information content (AvgIpc) is 0. The van der Waals surface area contributed by atoms with Crippen molar-refractivity contribution >= 4 is 18.9 Å². The molecule has 0 aromatic rings. The maximum atomic E-state index is 0. The number of rotatable bonds is 0. The molecular formula is H2LiNbOTi. The summed E-state index contributed by atoms with van der Waals surface area (Å²) in [4.78, 5) is 0. The maximum Gasteiger partial charge on any atom is 0 e. The third-order valence-electron chi connectivity index (χ3n) is 0. The first-order chi connectivity index (χ1) is 0. The molecule has 0 unspecified atom stereocenters. The van der Waals surface area contributed by atoms with Crippen LogP contribution >= 0.6 is 0 Å². The van der Waals surface area contributed by atoms with Crippen LogP contribution in [-0.2, 0) is 44.1 Å². The van der Waals surface area contributed by atoms with E-state index in [1.165, 1.54) is 0 Å². The molecule has 0 bridgehead atoms. The van der Waals surface area contributed by atoms with Crippen LogP contribution in [-0.4, -0.2) is 24.3 Å². The predicted octanol–water partition coefficient (Wildman–Crippen LogP) is -1.21. The smallest absolute Gasteiger partial charge is 0 e. The number of hydrogen-bond acceptors (Lipinski definition) is 0. The van der Waals surface area contributed by atoms with Crippen molar-refractivity contribution in [1.82, 2.24) is 0 Å². The molecule has 2 radical (unpaired) electrons. The Balaban J connectivity index is 0. The van der Waals surface area contributed by atoms with Gasteiger partial charge in [0.2, 0.25) is 0 Å². The fourth-order valence-electron chi connectivity index (χ4n) is 0.